The number of amides is 2. The number of imide groups is 1. The molecule has 2 aliphatic heterocycles. The molecule has 2 amide bonds. The van der Waals surface area contributed by atoms with Gasteiger partial charge in [0.15, 0.2) is 0 Å². The summed E-state index contributed by atoms with van der Waals surface area (Å²) in [6.45, 7) is 3.89. The second-order valence-electron chi connectivity index (χ2n) is 6.26. The Morgan fingerprint density at radius 2 is 2.27 bits per heavy atom. The summed E-state index contributed by atoms with van der Waals surface area (Å²) in [7, 11) is 0. The minimum absolute atomic E-state index is 0.0459. The molecule has 0 saturated carbocycles. The number of nitrogens with zero attached hydrogens (tertiary/aromatic N) is 1. The van der Waals surface area contributed by atoms with E-state index in [2.05, 4.69) is 0 Å². The van der Waals surface area contributed by atoms with E-state index in [4.69, 9.17) is 16.3 Å². The third-order valence-corrected chi connectivity index (χ3v) is 5.20. The third kappa shape index (κ3) is 2.23. The Labute approximate surface area is 133 Å². The maximum absolute atomic E-state index is 13.3. The number of anilines is 1. The van der Waals surface area contributed by atoms with Crippen molar-refractivity contribution in [2.45, 2.75) is 38.4 Å². The van der Waals surface area contributed by atoms with Crippen molar-refractivity contribution >= 4 is 29.6 Å². The molecule has 0 N–H and O–H groups in total. The van der Waals surface area contributed by atoms with Crippen LogP contribution in [0.3, 0.4) is 0 Å². The summed E-state index contributed by atoms with van der Waals surface area (Å²) in [4.78, 5) is 25.3. The molecule has 4 atom stereocenters. The van der Waals surface area contributed by atoms with E-state index in [0.717, 1.165) is 23.8 Å². The van der Waals surface area contributed by atoms with Crippen LogP contribution >= 0.6 is 11.6 Å². The lowest BCUT2D eigenvalue weighted by molar-refractivity contribution is -0.129. The fourth-order valence-electron chi connectivity index (χ4n) is 3.77. The first-order valence-corrected chi connectivity index (χ1v) is 7.66. The Balaban J connectivity index is 1.92. The quantitative estimate of drug-likeness (QED) is 0.802. The maximum atomic E-state index is 13.3. The predicted molar refractivity (Wildman–Crippen MR) is 80.1 cm³/mol. The number of carbonyl (C=O) groups is 2. The van der Waals surface area contributed by atoms with E-state index in [9.17, 15) is 14.0 Å². The van der Waals surface area contributed by atoms with E-state index in [0.29, 0.717) is 6.41 Å². The van der Waals surface area contributed by atoms with Gasteiger partial charge < -0.3 is 4.74 Å². The van der Waals surface area contributed by atoms with Gasteiger partial charge >= 0.3 is 0 Å². The van der Waals surface area contributed by atoms with E-state index < -0.39 is 11.4 Å². The smallest absolute Gasteiger partial charge is 0.239 e. The van der Waals surface area contributed by atoms with Gasteiger partial charge in [-0.2, -0.15) is 0 Å². The first-order valence-electron chi connectivity index (χ1n) is 7.28. The molecule has 6 heteroatoms. The van der Waals surface area contributed by atoms with Crippen molar-refractivity contribution in [1.82, 2.24) is 0 Å². The fourth-order valence-corrected chi connectivity index (χ4v) is 3.95. The highest BCUT2D eigenvalue weighted by Gasteiger charge is 2.58. The number of rotatable bonds is 3. The molecule has 118 valence electrons. The summed E-state index contributed by atoms with van der Waals surface area (Å²) in [5.74, 6) is -1.26. The number of halogens is 2. The molecule has 1 aromatic carbocycles. The Hall–Kier alpha value is -1.46. The molecule has 0 radical (unpaired) electrons. The van der Waals surface area contributed by atoms with Crippen LogP contribution in [0.1, 0.15) is 26.7 Å². The highest BCUT2D eigenvalue weighted by molar-refractivity contribution is 6.31. The Kier molecular flexibility index (Phi) is 3.73. The second kappa shape index (κ2) is 5.32. The molecule has 0 aromatic heterocycles. The van der Waals surface area contributed by atoms with Gasteiger partial charge in [-0.05, 0) is 43.9 Å². The zero-order valence-electron chi connectivity index (χ0n) is 12.4. The van der Waals surface area contributed by atoms with Crippen LogP contribution in [-0.2, 0) is 14.3 Å². The van der Waals surface area contributed by atoms with E-state index in [-0.39, 0.29) is 34.6 Å². The minimum Gasteiger partial charge on any atom is -0.371 e. The molecule has 2 fully saturated rings. The van der Waals surface area contributed by atoms with Crippen molar-refractivity contribution in [3.8, 4) is 0 Å². The maximum Gasteiger partial charge on any atom is 0.239 e. The first-order chi connectivity index (χ1) is 10.4. The van der Waals surface area contributed by atoms with Gasteiger partial charge in [-0.1, -0.05) is 18.5 Å². The molecular weight excluding hydrogens is 309 g/mol. The van der Waals surface area contributed by atoms with E-state index in [1.165, 1.54) is 12.1 Å². The number of fused-ring (bicyclic) bond motifs is 2. The molecule has 3 rings (SSSR count). The Bertz CT molecular complexity index is 638. The van der Waals surface area contributed by atoms with Crippen LogP contribution in [0.5, 0.6) is 0 Å². The number of carbonyl (C=O) groups excluding carboxylic acids is 2. The van der Waals surface area contributed by atoms with Gasteiger partial charge in [-0.25, -0.2) is 4.39 Å². The van der Waals surface area contributed by atoms with Crippen molar-refractivity contribution in [2.24, 2.45) is 11.8 Å². The van der Waals surface area contributed by atoms with Gasteiger partial charge in [-0.15, -0.1) is 0 Å². The van der Waals surface area contributed by atoms with Crippen LogP contribution in [0.15, 0.2) is 18.2 Å². The third-order valence-electron chi connectivity index (χ3n) is 4.91. The van der Waals surface area contributed by atoms with E-state index in [1.807, 2.05) is 13.8 Å². The zero-order valence-corrected chi connectivity index (χ0v) is 13.1. The summed E-state index contributed by atoms with van der Waals surface area (Å²) < 4.78 is 19.2. The van der Waals surface area contributed by atoms with Gasteiger partial charge in [0, 0.05) is 0 Å². The standard InChI is InChI=1S/C16H17ClFNO3/c1-9-13-5-6-16(2,22-13)14(9)15(21)19(8-20)10-3-4-12(18)11(17)7-10/h3-4,7-9,13-14H,5-6H2,1-2H3/t9-,13?,14+,16?/m1/s1. The van der Waals surface area contributed by atoms with Gasteiger partial charge in [0.1, 0.15) is 5.82 Å². The van der Waals surface area contributed by atoms with Crippen molar-refractivity contribution in [3.05, 3.63) is 29.0 Å². The first kappa shape index (κ1) is 15.4. The summed E-state index contributed by atoms with van der Waals surface area (Å²) in [6.07, 6.45) is 2.25. The van der Waals surface area contributed by atoms with Gasteiger partial charge in [0.05, 0.1) is 28.3 Å². The molecule has 2 heterocycles. The lowest BCUT2D eigenvalue weighted by Gasteiger charge is -2.33. The molecule has 2 unspecified atom stereocenters. The number of benzene rings is 1. The molecule has 0 aliphatic carbocycles. The Morgan fingerprint density at radius 1 is 1.55 bits per heavy atom. The van der Waals surface area contributed by atoms with Crippen molar-refractivity contribution in [3.63, 3.8) is 0 Å². The molecule has 4 nitrogen and oxygen atoms in total. The van der Waals surface area contributed by atoms with Crippen molar-refractivity contribution in [1.29, 1.82) is 0 Å². The van der Waals surface area contributed by atoms with Crippen LogP contribution < -0.4 is 4.90 Å². The molecule has 22 heavy (non-hydrogen) atoms. The number of ether oxygens (including phenoxy) is 1. The van der Waals surface area contributed by atoms with Gasteiger partial charge in [0.2, 0.25) is 12.3 Å². The van der Waals surface area contributed by atoms with Crippen LogP contribution in [0, 0.1) is 17.7 Å². The summed E-state index contributed by atoms with van der Waals surface area (Å²) in [5, 5.41) is -0.124. The zero-order chi connectivity index (χ0) is 16.1. The summed E-state index contributed by atoms with van der Waals surface area (Å²) in [5.41, 5.74) is -0.267. The molecule has 1 aromatic rings. The fraction of sp³-hybridized carbons (Fsp3) is 0.500. The second-order valence-corrected chi connectivity index (χ2v) is 6.66. The van der Waals surface area contributed by atoms with Crippen LogP contribution in [0.2, 0.25) is 5.02 Å². The highest BCUT2D eigenvalue weighted by Crippen LogP contribution is 2.51. The molecule has 2 bridgehead atoms. The average Bonchev–Trinajstić information content (AvgIpc) is 2.96. The lowest BCUT2D eigenvalue weighted by atomic mass is 9.72. The summed E-state index contributed by atoms with van der Waals surface area (Å²) >= 11 is 5.74. The van der Waals surface area contributed by atoms with E-state index >= 15 is 0 Å². The molecular formula is C16H17ClFNO3. The highest BCUT2D eigenvalue weighted by atomic mass is 35.5. The van der Waals surface area contributed by atoms with Crippen molar-refractivity contribution in [2.75, 3.05) is 4.90 Å². The van der Waals surface area contributed by atoms with Gasteiger partial charge in [0.25, 0.3) is 0 Å². The Morgan fingerprint density at radius 3 is 2.82 bits per heavy atom. The minimum atomic E-state index is -0.590. The van der Waals surface area contributed by atoms with Crippen LogP contribution in [0.25, 0.3) is 0 Å². The van der Waals surface area contributed by atoms with E-state index in [1.54, 1.807) is 0 Å². The molecule has 2 saturated heterocycles. The molecule has 2 aliphatic rings. The topological polar surface area (TPSA) is 46.6 Å². The predicted octanol–water partition coefficient (Wildman–Crippen LogP) is 3.17. The van der Waals surface area contributed by atoms with Gasteiger partial charge in [-0.3, -0.25) is 14.5 Å². The average molecular weight is 326 g/mol. The normalized spacial score (nSPS) is 33.0. The SMILES string of the molecule is C[C@@H]1C2CCC(C)(O2)[C@@H]1C(=O)N(C=O)c1ccc(F)c(Cl)c1. The van der Waals surface area contributed by atoms with Crippen molar-refractivity contribution < 1.29 is 18.7 Å². The largest absolute Gasteiger partial charge is 0.371 e. The monoisotopic (exact) mass is 325 g/mol. The van der Waals surface area contributed by atoms with Crippen LogP contribution in [-0.4, -0.2) is 24.0 Å². The molecule has 0 spiro atoms. The lowest BCUT2D eigenvalue weighted by Crippen LogP contribution is -2.47. The number of hydrogen-bond acceptors (Lipinski definition) is 3. The number of hydrogen-bond donors (Lipinski definition) is 0. The van der Waals surface area contributed by atoms with Crippen LogP contribution in [0.4, 0.5) is 10.1 Å². The summed E-state index contributed by atoms with van der Waals surface area (Å²) in [6, 6.07) is 3.79.